The lowest BCUT2D eigenvalue weighted by molar-refractivity contribution is -0.133. The number of hydrogen-bond donors (Lipinski definition) is 0. The maximum Gasteiger partial charge on any atom is 0.222 e. The highest BCUT2D eigenvalue weighted by atomic mass is 16.2. The van der Waals surface area contributed by atoms with Crippen LogP contribution in [0.4, 0.5) is 0 Å². The average Bonchev–Trinajstić information content (AvgIpc) is 1.98. The van der Waals surface area contributed by atoms with E-state index in [1.165, 1.54) is 6.92 Å². The van der Waals surface area contributed by atoms with Crippen LogP contribution in [0, 0.1) is 0 Å². The van der Waals surface area contributed by atoms with E-state index in [1.54, 1.807) is 11.9 Å². The minimum atomic E-state index is 0.0419. The summed E-state index contributed by atoms with van der Waals surface area (Å²) in [5.74, 6) is 0.112. The molecule has 0 radical (unpaired) electrons. The molecule has 0 rings (SSSR count). The third-order valence-electron chi connectivity index (χ3n) is 1.86. The molecule has 0 heterocycles. The van der Waals surface area contributed by atoms with Gasteiger partial charge < -0.3 is 9.69 Å². The van der Waals surface area contributed by atoms with Crippen molar-refractivity contribution in [1.29, 1.82) is 0 Å². The van der Waals surface area contributed by atoms with Crippen LogP contribution < -0.4 is 0 Å². The maximum absolute atomic E-state index is 11.3. The molecule has 3 nitrogen and oxygen atoms in total. The van der Waals surface area contributed by atoms with Gasteiger partial charge in [0.1, 0.15) is 5.78 Å². The molecular weight excluding hydrogens is 154 g/mol. The van der Waals surface area contributed by atoms with Gasteiger partial charge in [-0.05, 0) is 20.8 Å². The predicted molar refractivity (Wildman–Crippen MR) is 47.8 cm³/mol. The zero-order valence-corrected chi connectivity index (χ0v) is 8.26. The maximum atomic E-state index is 11.3. The van der Waals surface area contributed by atoms with Crippen molar-refractivity contribution in [3.63, 3.8) is 0 Å². The van der Waals surface area contributed by atoms with Crippen molar-refractivity contribution < 1.29 is 9.59 Å². The third kappa shape index (κ3) is 4.11. The Balaban J connectivity index is 3.80. The Kier molecular flexibility index (Phi) is 4.55. The first kappa shape index (κ1) is 11.1. The van der Waals surface area contributed by atoms with Crippen LogP contribution in [0.3, 0.4) is 0 Å². The molecule has 0 aromatic rings. The van der Waals surface area contributed by atoms with Crippen molar-refractivity contribution >= 4 is 11.7 Å². The van der Waals surface area contributed by atoms with E-state index in [1.807, 2.05) is 13.8 Å². The molecule has 1 amide bonds. The molecule has 70 valence electrons. The van der Waals surface area contributed by atoms with Crippen LogP contribution in [0.1, 0.15) is 33.6 Å². The molecule has 0 fully saturated rings. The first-order chi connectivity index (χ1) is 5.45. The summed E-state index contributed by atoms with van der Waals surface area (Å²) in [6, 6.07) is 0.212. The molecule has 0 saturated carbocycles. The average molecular weight is 171 g/mol. The van der Waals surface area contributed by atoms with Gasteiger partial charge in [-0.15, -0.1) is 0 Å². The second-order valence-electron chi connectivity index (χ2n) is 3.30. The summed E-state index contributed by atoms with van der Waals surface area (Å²) in [4.78, 5) is 23.5. The number of nitrogens with zero attached hydrogens (tertiary/aromatic N) is 1. The molecule has 12 heavy (non-hydrogen) atoms. The SMILES string of the molecule is CC(=O)CCC(=O)N(C)C(C)C. The molecule has 0 N–H and O–H groups in total. The molecule has 0 saturated heterocycles. The van der Waals surface area contributed by atoms with Gasteiger partial charge in [-0.25, -0.2) is 0 Å². The number of carbonyl (C=O) groups is 2. The van der Waals surface area contributed by atoms with Gasteiger partial charge in [0.05, 0.1) is 0 Å². The van der Waals surface area contributed by atoms with Crippen molar-refractivity contribution in [1.82, 2.24) is 4.90 Å². The minimum absolute atomic E-state index is 0.0419. The summed E-state index contributed by atoms with van der Waals surface area (Å²) in [7, 11) is 1.76. The van der Waals surface area contributed by atoms with E-state index in [4.69, 9.17) is 0 Å². The molecule has 0 aliphatic heterocycles. The van der Waals surface area contributed by atoms with Gasteiger partial charge >= 0.3 is 0 Å². The third-order valence-corrected chi connectivity index (χ3v) is 1.86. The highest BCUT2D eigenvalue weighted by Gasteiger charge is 2.11. The van der Waals surface area contributed by atoms with Crippen LogP contribution in [-0.2, 0) is 9.59 Å². The van der Waals surface area contributed by atoms with Crippen LogP contribution in [0.5, 0.6) is 0 Å². The fourth-order valence-electron chi connectivity index (χ4n) is 0.747. The number of Topliss-reactive ketones (excluding diaryl/α,β-unsaturated/α-hetero) is 1. The molecular formula is C9H17NO2. The minimum Gasteiger partial charge on any atom is -0.343 e. The zero-order valence-electron chi connectivity index (χ0n) is 8.26. The van der Waals surface area contributed by atoms with E-state index in [9.17, 15) is 9.59 Å². The lowest BCUT2D eigenvalue weighted by Crippen LogP contribution is -2.32. The van der Waals surface area contributed by atoms with Crippen molar-refractivity contribution in [2.45, 2.75) is 39.7 Å². The summed E-state index contributed by atoms with van der Waals surface area (Å²) in [5.41, 5.74) is 0. The van der Waals surface area contributed by atoms with Crippen molar-refractivity contribution in [3.8, 4) is 0 Å². The molecule has 0 aromatic heterocycles. The Morgan fingerprint density at radius 3 is 2.08 bits per heavy atom. The van der Waals surface area contributed by atoms with Gasteiger partial charge in [0.2, 0.25) is 5.91 Å². The molecule has 0 spiro atoms. The Morgan fingerprint density at radius 1 is 1.25 bits per heavy atom. The quantitative estimate of drug-likeness (QED) is 0.637. The molecule has 3 heteroatoms. The Labute approximate surface area is 73.7 Å². The molecule has 0 atom stereocenters. The number of hydrogen-bond acceptors (Lipinski definition) is 2. The monoisotopic (exact) mass is 171 g/mol. The molecule has 0 aromatic carbocycles. The molecule has 0 aliphatic rings. The van der Waals surface area contributed by atoms with Crippen LogP contribution >= 0.6 is 0 Å². The lowest BCUT2D eigenvalue weighted by Gasteiger charge is -2.20. The smallest absolute Gasteiger partial charge is 0.222 e. The van der Waals surface area contributed by atoms with Gasteiger partial charge in [-0.2, -0.15) is 0 Å². The fourth-order valence-corrected chi connectivity index (χ4v) is 0.747. The summed E-state index contributed by atoms with van der Waals surface area (Å²) in [6.07, 6.45) is 0.694. The Bertz CT molecular complexity index is 175. The van der Waals surface area contributed by atoms with Crippen molar-refractivity contribution in [3.05, 3.63) is 0 Å². The van der Waals surface area contributed by atoms with E-state index in [0.29, 0.717) is 12.8 Å². The van der Waals surface area contributed by atoms with Gasteiger partial charge in [0, 0.05) is 25.9 Å². The Hall–Kier alpha value is -0.860. The van der Waals surface area contributed by atoms with Crippen LogP contribution in [0.15, 0.2) is 0 Å². The zero-order chi connectivity index (χ0) is 9.72. The number of rotatable bonds is 4. The summed E-state index contributed by atoms with van der Waals surface area (Å²) < 4.78 is 0. The first-order valence-corrected chi connectivity index (χ1v) is 4.20. The van der Waals surface area contributed by atoms with Crippen LogP contribution in [-0.4, -0.2) is 29.7 Å². The van der Waals surface area contributed by atoms with E-state index in [-0.39, 0.29) is 17.7 Å². The van der Waals surface area contributed by atoms with Crippen LogP contribution in [0.2, 0.25) is 0 Å². The van der Waals surface area contributed by atoms with E-state index >= 15 is 0 Å². The predicted octanol–water partition coefficient (Wildman–Crippen LogP) is 1.22. The largest absolute Gasteiger partial charge is 0.343 e. The molecule has 0 aliphatic carbocycles. The first-order valence-electron chi connectivity index (χ1n) is 4.20. The number of ketones is 1. The highest BCUT2D eigenvalue weighted by molar-refractivity contribution is 5.83. The standard InChI is InChI=1S/C9H17NO2/c1-7(2)10(4)9(12)6-5-8(3)11/h7H,5-6H2,1-4H3. The van der Waals surface area contributed by atoms with Crippen LogP contribution in [0.25, 0.3) is 0 Å². The van der Waals surface area contributed by atoms with Gasteiger partial charge in [-0.3, -0.25) is 4.79 Å². The number of carbonyl (C=O) groups excluding carboxylic acids is 2. The van der Waals surface area contributed by atoms with Crippen molar-refractivity contribution in [2.75, 3.05) is 7.05 Å². The summed E-state index contributed by atoms with van der Waals surface area (Å²) in [5, 5.41) is 0. The molecule has 0 bridgehead atoms. The van der Waals surface area contributed by atoms with Gasteiger partial charge in [-0.1, -0.05) is 0 Å². The highest BCUT2D eigenvalue weighted by Crippen LogP contribution is 2.00. The topological polar surface area (TPSA) is 37.4 Å². The van der Waals surface area contributed by atoms with Gasteiger partial charge in [0.15, 0.2) is 0 Å². The normalized spacial score (nSPS) is 10.1. The Morgan fingerprint density at radius 2 is 1.75 bits per heavy atom. The van der Waals surface area contributed by atoms with E-state index in [2.05, 4.69) is 0 Å². The second-order valence-corrected chi connectivity index (χ2v) is 3.30. The second kappa shape index (κ2) is 4.91. The number of amides is 1. The lowest BCUT2D eigenvalue weighted by atomic mass is 10.2. The van der Waals surface area contributed by atoms with Gasteiger partial charge in [0.25, 0.3) is 0 Å². The van der Waals surface area contributed by atoms with Crippen molar-refractivity contribution in [2.24, 2.45) is 0 Å². The molecule has 0 unspecified atom stereocenters. The summed E-state index contributed by atoms with van der Waals surface area (Å²) in [6.45, 7) is 5.40. The van der Waals surface area contributed by atoms with E-state index in [0.717, 1.165) is 0 Å². The fraction of sp³-hybridized carbons (Fsp3) is 0.778. The van der Waals surface area contributed by atoms with E-state index < -0.39 is 0 Å². The summed E-state index contributed by atoms with van der Waals surface area (Å²) >= 11 is 0.